The van der Waals surface area contributed by atoms with Gasteiger partial charge >= 0.3 is 0 Å². The van der Waals surface area contributed by atoms with Crippen LogP contribution in [0.1, 0.15) is 34.6 Å². The van der Waals surface area contributed by atoms with Crippen molar-refractivity contribution in [2.45, 2.75) is 46.7 Å². The van der Waals surface area contributed by atoms with Crippen molar-refractivity contribution in [3.63, 3.8) is 0 Å². The molecule has 0 aliphatic rings. The lowest BCUT2D eigenvalue weighted by atomic mass is 10.0. The second kappa shape index (κ2) is 7.27. The Labute approximate surface area is 104 Å². The molecule has 0 saturated carbocycles. The molecule has 0 aliphatic heterocycles. The topological polar surface area (TPSA) is 84.2 Å². The average Bonchev–Trinajstić information content (AvgIpc) is 2.24. The maximum Gasteiger partial charge on any atom is 0.242 e. The molecule has 2 amide bonds. The van der Waals surface area contributed by atoms with Crippen LogP contribution in [0.15, 0.2) is 0 Å². The molecular weight excluding hydrogens is 218 g/mol. The molecule has 0 aromatic heterocycles. The summed E-state index contributed by atoms with van der Waals surface area (Å²) in [7, 11) is 0. The van der Waals surface area contributed by atoms with Gasteiger partial charge in [-0.25, -0.2) is 0 Å². The number of hydrogen-bond acceptors (Lipinski definition) is 3. The Morgan fingerprint density at radius 2 is 1.59 bits per heavy atom. The molecule has 100 valence electrons. The van der Waals surface area contributed by atoms with E-state index in [0.717, 1.165) is 0 Å². The molecule has 5 heteroatoms. The zero-order valence-corrected chi connectivity index (χ0v) is 11.4. The number of rotatable bonds is 6. The van der Waals surface area contributed by atoms with E-state index in [9.17, 15) is 9.59 Å². The van der Waals surface area contributed by atoms with Gasteiger partial charge in [-0.2, -0.15) is 0 Å². The lowest BCUT2D eigenvalue weighted by molar-refractivity contribution is -0.129. The molecule has 0 aromatic carbocycles. The molecular formula is C12H25N3O2. The number of nitrogens with two attached hydrogens (primary N) is 1. The predicted molar refractivity (Wildman–Crippen MR) is 68.3 cm³/mol. The molecule has 2 unspecified atom stereocenters. The second-order valence-electron chi connectivity index (χ2n) is 5.14. The summed E-state index contributed by atoms with van der Waals surface area (Å²) < 4.78 is 0. The van der Waals surface area contributed by atoms with E-state index in [-0.39, 0.29) is 17.7 Å². The minimum absolute atomic E-state index is 0.0564. The number of hydrogen-bond donors (Lipinski definition) is 3. The third kappa shape index (κ3) is 6.26. The summed E-state index contributed by atoms with van der Waals surface area (Å²) in [5, 5.41) is 5.37. The van der Waals surface area contributed by atoms with E-state index in [1.165, 1.54) is 0 Å². The van der Waals surface area contributed by atoms with Crippen molar-refractivity contribution < 1.29 is 9.59 Å². The van der Waals surface area contributed by atoms with Crippen LogP contribution in [-0.4, -0.2) is 30.4 Å². The van der Waals surface area contributed by atoms with Crippen LogP contribution in [0.2, 0.25) is 0 Å². The van der Waals surface area contributed by atoms with E-state index in [1.807, 2.05) is 27.7 Å². The van der Waals surface area contributed by atoms with E-state index in [2.05, 4.69) is 10.6 Å². The number of amides is 2. The summed E-state index contributed by atoms with van der Waals surface area (Å²) in [6.45, 7) is 10.0. The van der Waals surface area contributed by atoms with Crippen molar-refractivity contribution in [1.82, 2.24) is 10.6 Å². The van der Waals surface area contributed by atoms with Crippen molar-refractivity contribution in [2.24, 2.45) is 17.6 Å². The van der Waals surface area contributed by atoms with Gasteiger partial charge in [0.25, 0.3) is 0 Å². The smallest absolute Gasteiger partial charge is 0.242 e. The quantitative estimate of drug-likeness (QED) is 0.625. The van der Waals surface area contributed by atoms with Gasteiger partial charge in [0.1, 0.15) is 6.04 Å². The van der Waals surface area contributed by atoms with Gasteiger partial charge in [-0.05, 0) is 18.8 Å². The molecule has 0 aromatic rings. The fourth-order valence-corrected chi connectivity index (χ4v) is 1.14. The van der Waals surface area contributed by atoms with Crippen LogP contribution in [0.3, 0.4) is 0 Å². The minimum Gasteiger partial charge on any atom is -0.354 e. The highest BCUT2D eigenvalue weighted by molar-refractivity contribution is 5.89. The zero-order valence-electron chi connectivity index (χ0n) is 11.4. The van der Waals surface area contributed by atoms with Crippen LogP contribution in [0, 0.1) is 11.8 Å². The molecule has 0 rings (SSSR count). The van der Waals surface area contributed by atoms with E-state index in [0.29, 0.717) is 12.5 Å². The average molecular weight is 243 g/mol. The first-order chi connectivity index (χ1) is 7.75. The zero-order chi connectivity index (χ0) is 13.6. The standard InChI is InChI=1S/C12H25N3O2/c1-7(2)6-14-11(16)9(5)15-12(17)10(13)8(3)4/h7-10H,6,13H2,1-5H3,(H,14,16)(H,15,17). The van der Waals surface area contributed by atoms with E-state index in [1.54, 1.807) is 6.92 Å². The maximum absolute atomic E-state index is 11.6. The van der Waals surface area contributed by atoms with E-state index in [4.69, 9.17) is 5.73 Å². The lowest BCUT2D eigenvalue weighted by Crippen LogP contribution is -2.52. The second-order valence-corrected chi connectivity index (χ2v) is 5.14. The summed E-state index contributed by atoms with van der Waals surface area (Å²) in [5.41, 5.74) is 5.69. The summed E-state index contributed by atoms with van der Waals surface area (Å²) in [5.74, 6) is -0.0177. The molecule has 0 spiro atoms. The molecule has 0 radical (unpaired) electrons. The van der Waals surface area contributed by atoms with Gasteiger partial charge in [0.2, 0.25) is 11.8 Å². The normalized spacial score (nSPS) is 14.6. The Balaban J connectivity index is 4.11. The van der Waals surface area contributed by atoms with Crippen LogP contribution >= 0.6 is 0 Å². The predicted octanol–water partition coefficient (Wildman–Crippen LogP) is 0.247. The van der Waals surface area contributed by atoms with Gasteiger partial charge in [0.05, 0.1) is 6.04 Å². The van der Waals surface area contributed by atoms with Gasteiger partial charge in [-0.15, -0.1) is 0 Å². The summed E-state index contributed by atoms with van der Waals surface area (Å²) in [6, 6.07) is -1.12. The number of carbonyl (C=O) groups excluding carboxylic acids is 2. The van der Waals surface area contributed by atoms with Gasteiger partial charge in [0, 0.05) is 6.54 Å². The number of carbonyl (C=O) groups is 2. The summed E-state index contributed by atoms with van der Waals surface area (Å²) >= 11 is 0. The third-order valence-corrected chi connectivity index (χ3v) is 2.46. The van der Waals surface area contributed by atoms with E-state index < -0.39 is 12.1 Å². The van der Waals surface area contributed by atoms with Crippen LogP contribution in [0.4, 0.5) is 0 Å². The van der Waals surface area contributed by atoms with Crippen LogP contribution in [-0.2, 0) is 9.59 Å². The van der Waals surface area contributed by atoms with Crippen molar-refractivity contribution in [1.29, 1.82) is 0 Å². The Hall–Kier alpha value is -1.10. The van der Waals surface area contributed by atoms with Gasteiger partial charge in [-0.3, -0.25) is 9.59 Å². The first-order valence-electron chi connectivity index (χ1n) is 6.09. The fourth-order valence-electron chi connectivity index (χ4n) is 1.14. The summed E-state index contributed by atoms with van der Waals surface area (Å²) in [6.07, 6.45) is 0. The molecule has 0 heterocycles. The molecule has 0 aliphatic carbocycles. The van der Waals surface area contributed by atoms with Gasteiger partial charge in [-0.1, -0.05) is 27.7 Å². The highest BCUT2D eigenvalue weighted by atomic mass is 16.2. The van der Waals surface area contributed by atoms with Gasteiger partial charge < -0.3 is 16.4 Å². The molecule has 0 saturated heterocycles. The molecule has 17 heavy (non-hydrogen) atoms. The number of nitrogens with one attached hydrogen (secondary N) is 2. The Kier molecular flexibility index (Phi) is 6.80. The molecule has 5 nitrogen and oxygen atoms in total. The van der Waals surface area contributed by atoms with Crippen molar-refractivity contribution in [2.75, 3.05) is 6.54 Å². The van der Waals surface area contributed by atoms with Crippen LogP contribution in [0.5, 0.6) is 0 Å². The SMILES string of the molecule is CC(C)CNC(=O)C(C)NC(=O)C(N)C(C)C. The van der Waals surface area contributed by atoms with E-state index >= 15 is 0 Å². The largest absolute Gasteiger partial charge is 0.354 e. The van der Waals surface area contributed by atoms with Crippen molar-refractivity contribution >= 4 is 11.8 Å². The van der Waals surface area contributed by atoms with Crippen LogP contribution < -0.4 is 16.4 Å². The molecule has 2 atom stereocenters. The Morgan fingerprint density at radius 1 is 1.06 bits per heavy atom. The lowest BCUT2D eigenvalue weighted by Gasteiger charge is -2.19. The highest BCUT2D eigenvalue weighted by Crippen LogP contribution is 1.98. The van der Waals surface area contributed by atoms with Crippen LogP contribution in [0.25, 0.3) is 0 Å². The molecule has 0 bridgehead atoms. The fraction of sp³-hybridized carbons (Fsp3) is 0.833. The first-order valence-corrected chi connectivity index (χ1v) is 6.09. The Morgan fingerprint density at radius 3 is 2.00 bits per heavy atom. The van der Waals surface area contributed by atoms with Crippen molar-refractivity contribution in [3.05, 3.63) is 0 Å². The monoisotopic (exact) mass is 243 g/mol. The Bertz CT molecular complexity index is 264. The molecule has 4 N–H and O–H groups in total. The van der Waals surface area contributed by atoms with Crippen molar-refractivity contribution in [3.8, 4) is 0 Å². The highest BCUT2D eigenvalue weighted by Gasteiger charge is 2.21. The first kappa shape index (κ1) is 15.9. The van der Waals surface area contributed by atoms with Gasteiger partial charge in [0.15, 0.2) is 0 Å². The maximum atomic E-state index is 11.6. The summed E-state index contributed by atoms with van der Waals surface area (Å²) in [4.78, 5) is 23.2. The minimum atomic E-state index is -0.574. The molecule has 0 fully saturated rings. The third-order valence-electron chi connectivity index (χ3n) is 2.46.